The molecule has 0 heterocycles. The van der Waals surface area contributed by atoms with Gasteiger partial charge in [-0.25, -0.2) is 0 Å². The smallest absolute Gasteiger partial charge is 0.242 e. The number of rotatable bonds is 6. The summed E-state index contributed by atoms with van der Waals surface area (Å²) in [5.41, 5.74) is 26.3. The first-order chi connectivity index (χ1) is 26.8. The molecule has 2 aliphatic carbocycles. The predicted molar refractivity (Wildman–Crippen MR) is 242 cm³/mol. The van der Waals surface area contributed by atoms with E-state index in [-0.39, 0.29) is 17.5 Å². The number of fused-ring (bicyclic) bond motifs is 6. The molecule has 0 bridgehead atoms. The summed E-state index contributed by atoms with van der Waals surface area (Å²) in [5, 5.41) is 0. The van der Waals surface area contributed by atoms with E-state index < -0.39 is 0 Å². The van der Waals surface area contributed by atoms with Gasteiger partial charge >= 0.3 is 0 Å². The molecule has 0 saturated heterocycles. The summed E-state index contributed by atoms with van der Waals surface area (Å²) < 4.78 is 0. The Hall–Kier alpha value is -5.60. The maximum atomic E-state index is 2.52. The van der Waals surface area contributed by atoms with Crippen LogP contribution < -0.4 is 21.3 Å². The summed E-state index contributed by atoms with van der Waals surface area (Å²) in [6.45, 7) is 23.2. The van der Waals surface area contributed by atoms with Crippen LogP contribution in [-0.2, 0) is 10.8 Å². The molecule has 0 N–H and O–H groups in total. The Morgan fingerprint density at radius 3 is 1.21 bits per heavy atom. The molecule has 2 aliphatic rings. The molecule has 0 aromatic heterocycles. The van der Waals surface area contributed by atoms with Gasteiger partial charge in [-0.1, -0.05) is 175 Å². The molecule has 0 spiro atoms. The summed E-state index contributed by atoms with van der Waals surface area (Å²) in [5.74, 6) is 0. The third-order valence-electron chi connectivity index (χ3n) is 13.2. The number of hydrogen-bond donors (Lipinski definition) is 0. The fraction of sp³-hybridized carbons (Fsp3) is 0.222. The minimum absolute atomic E-state index is 0.0832. The third kappa shape index (κ3) is 5.52. The van der Waals surface area contributed by atoms with Crippen molar-refractivity contribution in [3.05, 3.63) is 189 Å². The molecule has 9 rings (SSSR count). The summed E-state index contributed by atoms with van der Waals surface area (Å²) in [6, 6.07) is 51.1. The quantitative estimate of drug-likeness (QED) is 0.154. The van der Waals surface area contributed by atoms with Crippen molar-refractivity contribution in [1.29, 1.82) is 0 Å². The van der Waals surface area contributed by atoms with Crippen molar-refractivity contribution in [3.63, 3.8) is 0 Å². The van der Waals surface area contributed by atoms with Crippen LogP contribution in [0.1, 0.15) is 83.3 Å². The van der Waals surface area contributed by atoms with Gasteiger partial charge in [-0.05, 0) is 122 Å². The van der Waals surface area contributed by atoms with Gasteiger partial charge < -0.3 is 4.90 Å². The van der Waals surface area contributed by atoms with Gasteiger partial charge in [0, 0.05) is 27.9 Å². The second-order valence-corrected chi connectivity index (χ2v) is 17.8. The van der Waals surface area contributed by atoms with Crippen molar-refractivity contribution in [2.45, 2.75) is 80.1 Å². The van der Waals surface area contributed by atoms with Crippen LogP contribution in [0, 0.1) is 41.5 Å². The Labute approximate surface area is 335 Å². The number of benzene rings is 7. The summed E-state index contributed by atoms with van der Waals surface area (Å²) in [6.07, 6.45) is 0. The largest absolute Gasteiger partial charge is 0.311 e. The Bertz CT molecular complexity index is 2520. The summed E-state index contributed by atoms with van der Waals surface area (Å²) >= 11 is 0. The zero-order valence-corrected chi connectivity index (χ0v) is 34.7. The molecule has 2 heteroatoms. The number of hydrogen-bond acceptors (Lipinski definition) is 1. The van der Waals surface area contributed by atoms with Crippen LogP contribution in [0.15, 0.2) is 133 Å². The monoisotopic (exact) mass is 725 g/mol. The van der Waals surface area contributed by atoms with Crippen LogP contribution in [0.2, 0.25) is 0 Å². The molecular weight excluding hydrogens is 673 g/mol. The molecule has 276 valence electrons. The van der Waals surface area contributed by atoms with E-state index in [0.717, 1.165) is 0 Å². The van der Waals surface area contributed by atoms with Crippen LogP contribution >= 0.6 is 0 Å². The van der Waals surface area contributed by atoms with E-state index in [2.05, 4.69) is 208 Å². The Kier molecular flexibility index (Phi) is 8.37. The maximum Gasteiger partial charge on any atom is 0.242 e. The van der Waals surface area contributed by atoms with Crippen molar-refractivity contribution in [2.75, 3.05) is 4.90 Å². The van der Waals surface area contributed by atoms with Crippen molar-refractivity contribution in [1.82, 2.24) is 0 Å². The van der Waals surface area contributed by atoms with Gasteiger partial charge in [-0.15, -0.1) is 0 Å². The van der Waals surface area contributed by atoms with Gasteiger partial charge in [0.2, 0.25) is 6.71 Å². The molecule has 0 saturated carbocycles. The highest BCUT2D eigenvalue weighted by molar-refractivity contribution is 6.96. The first-order valence-electron chi connectivity index (χ1n) is 20.3. The van der Waals surface area contributed by atoms with E-state index in [1.807, 2.05) is 0 Å². The molecule has 0 fully saturated rings. The predicted octanol–water partition coefficient (Wildman–Crippen LogP) is 12.1. The van der Waals surface area contributed by atoms with Gasteiger partial charge in [-0.3, -0.25) is 0 Å². The van der Waals surface area contributed by atoms with E-state index in [0.29, 0.717) is 0 Å². The van der Waals surface area contributed by atoms with Gasteiger partial charge in [0.1, 0.15) is 0 Å². The normalized spacial score (nSPS) is 14.2. The highest BCUT2D eigenvalue weighted by Crippen LogP contribution is 2.53. The Balaban J connectivity index is 1.28. The molecule has 0 radical (unpaired) electrons. The molecule has 1 nitrogen and oxygen atoms in total. The van der Waals surface area contributed by atoms with Crippen molar-refractivity contribution in [2.24, 2.45) is 0 Å². The van der Waals surface area contributed by atoms with Crippen LogP contribution in [0.25, 0.3) is 22.3 Å². The maximum absolute atomic E-state index is 2.52. The average Bonchev–Trinajstić information content (AvgIpc) is 3.53. The lowest BCUT2D eigenvalue weighted by Crippen LogP contribution is -2.55. The zero-order chi connectivity index (χ0) is 39.3. The summed E-state index contributed by atoms with van der Waals surface area (Å²) in [4.78, 5) is 2.52. The standard InChI is InChI=1S/C54H52BN/c1-33-26-35(3)51(36(4)27-33)55(52-37(5)28-34(2)29-38(52)6)39-16-15-17-40(30-39)56(41-22-24-45-43-18-11-13-20-47(43)53(7,8)49(45)31-41)42-23-25-46-44-19-12-14-21-48(44)54(9,10)50(46)32-42/h11-32H,1-10H3. The first kappa shape index (κ1) is 36.1. The van der Waals surface area contributed by atoms with Crippen molar-refractivity contribution < 1.29 is 0 Å². The Morgan fingerprint density at radius 1 is 0.375 bits per heavy atom. The van der Waals surface area contributed by atoms with Gasteiger partial charge in [-0.2, -0.15) is 0 Å². The highest BCUT2D eigenvalue weighted by Gasteiger charge is 2.38. The fourth-order valence-corrected chi connectivity index (χ4v) is 10.7. The van der Waals surface area contributed by atoms with E-state index >= 15 is 0 Å². The van der Waals surface area contributed by atoms with Gasteiger partial charge in [0.15, 0.2) is 0 Å². The fourth-order valence-electron chi connectivity index (χ4n) is 10.7. The van der Waals surface area contributed by atoms with Gasteiger partial charge in [0.25, 0.3) is 0 Å². The number of aryl methyl sites for hydroxylation is 6. The second kappa shape index (κ2) is 13.0. The molecule has 7 aromatic rings. The molecular formula is C54H52BN. The van der Waals surface area contributed by atoms with Crippen molar-refractivity contribution in [3.8, 4) is 22.3 Å². The number of nitrogens with zero attached hydrogens (tertiary/aromatic N) is 1. The van der Waals surface area contributed by atoms with E-state index in [1.165, 1.54) is 111 Å². The van der Waals surface area contributed by atoms with E-state index in [1.54, 1.807) is 0 Å². The first-order valence-corrected chi connectivity index (χ1v) is 20.3. The van der Waals surface area contributed by atoms with Crippen LogP contribution in [-0.4, -0.2) is 6.71 Å². The molecule has 0 aliphatic heterocycles. The third-order valence-corrected chi connectivity index (χ3v) is 13.2. The molecule has 7 aromatic carbocycles. The molecule has 0 unspecified atom stereocenters. The zero-order valence-electron chi connectivity index (χ0n) is 34.7. The lowest BCUT2D eigenvalue weighted by atomic mass is 9.34. The van der Waals surface area contributed by atoms with E-state index in [9.17, 15) is 0 Å². The van der Waals surface area contributed by atoms with Gasteiger partial charge in [0.05, 0.1) is 0 Å². The molecule has 0 amide bonds. The minimum atomic E-state index is -0.108. The second-order valence-electron chi connectivity index (χ2n) is 17.8. The number of anilines is 3. The van der Waals surface area contributed by atoms with Crippen LogP contribution in [0.4, 0.5) is 17.1 Å². The van der Waals surface area contributed by atoms with Crippen LogP contribution in [0.3, 0.4) is 0 Å². The molecule has 56 heavy (non-hydrogen) atoms. The minimum Gasteiger partial charge on any atom is -0.311 e. The highest BCUT2D eigenvalue weighted by atomic mass is 15.1. The average molecular weight is 726 g/mol. The SMILES string of the molecule is Cc1cc(C)c(B(c2cccc(N(c3ccc4c(c3)C(C)(C)c3ccccc3-4)c3ccc4c(c3)C(C)(C)c3ccccc3-4)c2)c2c(C)cc(C)cc2C)c(C)c1. The topological polar surface area (TPSA) is 3.24 Å². The lowest BCUT2D eigenvalue weighted by Gasteiger charge is -2.31. The van der Waals surface area contributed by atoms with Crippen molar-refractivity contribution >= 4 is 40.2 Å². The Morgan fingerprint density at radius 2 is 0.768 bits per heavy atom. The summed E-state index contributed by atoms with van der Waals surface area (Å²) in [7, 11) is 0. The molecule has 0 atom stereocenters. The van der Waals surface area contributed by atoms with Crippen LogP contribution in [0.5, 0.6) is 0 Å². The van der Waals surface area contributed by atoms with E-state index in [4.69, 9.17) is 0 Å². The lowest BCUT2D eigenvalue weighted by molar-refractivity contribution is 0.660.